The van der Waals surface area contributed by atoms with Crippen molar-refractivity contribution in [3.05, 3.63) is 12.2 Å². The lowest BCUT2D eigenvalue weighted by molar-refractivity contribution is -0.120. The summed E-state index contributed by atoms with van der Waals surface area (Å²) in [5.74, 6) is 0.647. The maximum absolute atomic E-state index is 11.2. The fraction of sp³-hybridized carbons (Fsp3) is 0.700. The third-order valence-electron chi connectivity index (χ3n) is 2.34. The van der Waals surface area contributed by atoms with E-state index in [1.54, 1.807) is 0 Å². The van der Waals surface area contributed by atoms with Gasteiger partial charge in [-0.2, -0.15) is 0 Å². The predicted molar refractivity (Wildman–Crippen MR) is 51.4 cm³/mol. The van der Waals surface area contributed by atoms with Crippen LogP contribution in [0.5, 0.6) is 0 Å². The molecule has 0 N–H and O–H groups in total. The van der Waals surface area contributed by atoms with Crippen LogP contribution in [0.2, 0.25) is 0 Å². The van der Waals surface area contributed by atoms with E-state index in [1.165, 1.54) is 0 Å². The Balaban J connectivity index is 2.34. The average Bonchev–Trinajstić information content (AvgIpc) is 2.37. The van der Waals surface area contributed by atoms with Gasteiger partial charge in [-0.1, -0.05) is 12.2 Å². The third kappa shape index (κ3) is 2.63. The van der Waals surface area contributed by atoms with E-state index in [0.29, 0.717) is 5.78 Å². The average molecular weight is 187 g/mol. The molecular weight excluding hydrogens is 172 g/mol. The van der Waals surface area contributed by atoms with Gasteiger partial charge in [0.05, 0.1) is 5.38 Å². The van der Waals surface area contributed by atoms with E-state index < -0.39 is 0 Å². The zero-order valence-corrected chi connectivity index (χ0v) is 8.18. The highest BCUT2D eigenvalue weighted by Crippen LogP contribution is 2.27. The second kappa shape index (κ2) is 4.66. The summed E-state index contributed by atoms with van der Waals surface area (Å²) in [6, 6.07) is 0. The quantitative estimate of drug-likeness (QED) is 0.489. The van der Waals surface area contributed by atoms with Gasteiger partial charge in [0.2, 0.25) is 0 Å². The molecule has 1 nitrogen and oxygen atoms in total. The molecule has 1 rings (SSSR count). The molecule has 1 saturated carbocycles. The van der Waals surface area contributed by atoms with Gasteiger partial charge in [0.15, 0.2) is 0 Å². The lowest BCUT2D eigenvalue weighted by atomic mass is 10.0. The number of hydrogen-bond donors (Lipinski definition) is 0. The Bertz CT molecular complexity index is 186. The van der Waals surface area contributed by atoms with Crippen LogP contribution in [-0.2, 0) is 4.79 Å². The van der Waals surface area contributed by atoms with E-state index in [1.807, 2.05) is 19.1 Å². The Hall–Kier alpha value is -0.300. The van der Waals surface area contributed by atoms with Gasteiger partial charge in [0.25, 0.3) is 0 Å². The maximum atomic E-state index is 11.2. The largest absolute Gasteiger partial charge is 0.299 e. The fourth-order valence-electron chi connectivity index (χ4n) is 1.70. The Morgan fingerprint density at radius 1 is 1.75 bits per heavy atom. The van der Waals surface area contributed by atoms with Gasteiger partial charge in [-0.3, -0.25) is 4.79 Å². The smallest absolute Gasteiger partial charge is 0.136 e. The number of carbonyl (C=O) groups excluding carboxylic acids is 1. The first-order valence-corrected chi connectivity index (χ1v) is 4.97. The molecule has 0 amide bonds. The number of halogens is 1. The number of Topliss-reactive ketones (excluding diaryl/α,β-unsaturated/α-hetero) is 1. The zero-order chi connectivity index (χ0) is 8.97. The van der Waals surface area contributed by atoms with Gasteiger partial charge in [0.1, 0.15) is 5.78 Å². The summed E-state index contributed by atoms with van der Waals surface area (Å²) in [5, 5.41) is 0.0436. The summed E-state index contributed by atoms with van der Waals surface area (Å²) in [7, 11) is 0. The molecule has 1 aliphatic rings. The number of carbonyl (C=O) groups is 1. The minimum absolute atomic E-state index is 0.0436. The van der Waals surface area contributed by atoms with Crippen molar-refractivity contribution in [1.29, 1.82) is 0 Å². The Morgan fingerprint density at radius 3 is 3.00 bits per heavy atom. The molecular formula is C10H15ClO. The molecule has 0 aromatic heterocycles. The van der Waals surface area contributed by atoms with E-state index in [2.05, 4.69) is 0 Å². The van der Waals surface area contributed by atoms with Crippen molar-refractivity contribution in [1.82, 2.24) is 0 Å². The summed E-state index contributed by atoms with van der Waals surface area (Å²) in [4.78, 5) is 11.2. The SMILES string of the molecule is CC=CC(Cl)CC1CCCC1=O. The van der Waals surface area contributed by atoms with Crippen molar-refractivity contribution in [2.45, 2.75) is 38.0 Å². The van der Waals surface area contributed by atoms with Crippen molar-refractivity contribution in [2.24, 2.45) is 5.92 Å². The first-order valence-electron chi connectivity index (χ1n) is 4.53. The summed E-state index contributed by atoms with van der Waals surface area (Å²) in [5.41, 5.74) is 0. The number of ketones is 1. The minimum Gasteiger partial charge on any atom is -0.299 e. The number of allylic oxidation sites excluding steroid dienone is 2. The predicted octanol–water partition coefficient (Wildman–Crippen LogP) is 2.93. The van der Waals surface area contributed by atoms with E-state index in [0.717, 1.165) is 25.7 Å². The zero-order valence-electron chi connectivity index (χ0n) is 7.42. The van der Waals surface area contributed by atoms with Crippen LogP contribution in [0.3, 0.4) is 0 Å². The Kier molecular flexibility index (Phi) is 3.80. The van der Waals surface area contributed by atoms with Crippen LogP contribution in [0.4, 0.5) is 0 Å². The molecule has 0 aliphatic heterocycles. The van der Waals surface area contributed by atoms with Crippen LogP contribution in [0, 0.1) is 5.92 Å². The number of rotatable bonds is 3. The summed E-state index contributed by atoms with van der Waals surface area (Å²) in [6.45, 7) is 1.95. The van der Waals surface area contributed by atoms with Gasteiger partial charge in [-0.05, 0) is 26.2 Å². The van der Waals surface area contributed by atoms with E-state index in [9.17, 15) is 4.79 Å². The standard InChI is InChI=1S/C10H15ClO/c1-2-4-9(11)7-8-5-3-6-10(8)12/h2,4,8-9H,3,5-7H2,1H3. The molecule has 1 fully saturated rings. The summed E-state index contributed by atoms with van der Waals surface area (Å²) < 4.78 is 0. The fourth-order valence-corrected chi connectivity index (χ4v) is 2.06. The lowest BCUT2D eigenvalue weighted by Crippen LogP contribution is -2.11. The first kappa shape index (κ1) is 9.79. The van der Waals surface area contributed by atoms with E-state index in [-0.39, 0.29) is 11.3 Å². The van der Waals surface area contributed by atoms with Gasteiger partial charge in [-0.15, -0.1) is 11.6 Å². The topological polar surface area (TPSA) is 17.1 Å². The molecule has 0 heterocycles. The molecule has 0 aromatic carbocycles. The highest BCUT2D eigenvalue weighted by atomic mass is 35.5. The Labute approximate surface area is 78.8 Å². The monoisotopic (exact) mass is 186 g/mol. The highest BCUT2D eigenvalue weighted by molar-refractivity contribution is 6.21. The molecule has 2 heteroatoms. The molecule has 2 atom stereocenters. The summed E-state index contributed by atoms with van der Waals surface area (Å²) in [6.07, 6.45) is 7.58. The molecule has 1 aliphatic carbocycles. The number of alkyl halides is 1. The van der Waals surface area contributed by atoms with Gasteiger partial charge in [0, 0.05) is 12.3 Å². The maximum Gasteiger partial charge on any atom is 0.136 e. The molecule has 0 radical (unpaired) electrons. The van der Waals surface area contributed by atoms with Crippen molar-refractivity contribution >= 4 is 17.4 Å². The van der Waals surface area contributed by atoms with Crippen LogP contribution >= 0.6 is 11.6 Å². The van der Waals surface area contributed by atoms with Crippen molar-refractivity contribution in [3.8, 4) is 0 Å². The second-order valence-electron chi connectivity index (χ2n) is 3.33. The molecule has 0 spiro atoms. The van der Waals surface area contributed by atoms with Crippen LogP contribution in [0.15, 0.2) is 12.2 Å². The summed E-state index contributed by atoms with van der Waals surface area (Å²) >= 11 is 5.99. The van der Waals surface area contributed by atoms with Crippen LogP contribution < -0.4 is 0 Å². The van der Waals surface area contributed by atoms with Crippen molar-refractivity contribution in [2.75, 3.05) is 0 Å². The molecule has 68 valence electrons. The Morgan fingerprint density at radius 2 is 2.50 bits per heavy atom. The van der Waals surface area contributed by atoms with Crippen molar-refractivity contribution < 1.29 is 4.79 Å². The molecule has 0 aromatic rings. The normalized spacial score (nSPS) is 26.8. The van der Waals surface area contributed by atoms with E-state index >= 15 is 0 Å². The third-order valence-corrected chi connectivity index (χ3v) is 2.67. The molecule has 0 bridgehead atoms. The van der Waals surface area contributed by atoms with Crippen LogP contribution in [0.1, 0.15) is 32.6 Å². The lowest BCUT2D eigenvalue weighted by Gasteiger charge is -2.09. The van der Waals surface area contributed by atoms with Crippen LogP contribution in [-0.4, -0.2) is 11.2 Å². The first-order chi connectivity index (χ1) is 5.74. The van der Waals surface area contributed by atoms with Crippen LogP contribution in [0.25, 0.3) is 0 Å². The molecule has 0 saturated heterocycles. The van der Waals surface area contributed by atoms with Gasteiger partial charge < -0.3 is 0 Å². The second-order valence-corrected chi connectivity index (χ2v) is 3.89. The number of hydrogen-bond acceptors (Lipinski definition) is 1. The van der Waals surface area contributed by atoms with Gasteiger partial charge >= 0.3 is 0 Å². The van der Waals surface area contributed by atoms with Gasteiger partial charge in [-0.25, -0.2) is 0 Å². The minimum atomic E-state index is 0.0436. The van der Waals surface area contributed by atoms with Crippen molar-refractivity contribution in [3.63, 3.8) is 0 Å². The van der Waals surface area contributed by atoms with E-state index in [4.69, 9.17) is 11.6 Å². The highest BCUT2D eigenvalue weighted by Gasteiger charge is 2.25. The molecule has 2 unspecified atom stereocenters. The molecule has 12 heavy (non-hydrogen) atoms.